The SMILES string of the molecule is COC(=O)c1c(F)c(Cl)c(-c2ccc3nc(N)cn3c2)c2cn[nH]c12. The second-order valence-corrected chi connectivity index (χ2v) is 5.76. The topological polar surface area (TPSA) is 98.3 Å². The number of pyridine rings is 1. The quantitative estimate of drug-likeness (QED) is 0.536. The smallest absolute Gasteiger partial charge is 0.343 e. The highest BCUT2D eigenvalue weighted by molar-refractivity contribution is 6.36. The number of hydrogen-bond donors (Lipinski definition) is 2. The number of aromatic nitrogens is 4. The van der Waals surface area contributed by atoms with Crippen molar-refractivity contribution in [2.75, 3.05) is 12.8 Å². The predicted molar refractivity (Wildman–Crippen MR) is 91.0 cm³/mol. The van der Waals surface area contributed by atoms with E-state index in [9.17, 15) is 9.18 Å². The Morgan fingerprint density at radius 2 is 2.20 bits per heavy atom. The molecule has 0 aliphatic carbocycles. The molecule has 0 saturated carbocycles. The molecule has 0 unspecified atom stereocenters. The second kappa shape index (κ2) is 5.45. The van der Waals surface area contributed by atoms with E-state index in [1.165, 1.54) is 13.3 Å². The molecule has 7 nitrogen and oxygen atoms in total. The number of nitrogens with two attached hydrogens (primary N) is 1. The van der Waals surface area contributed by atoms with Crippen LogP contribution in [-0.4, -0.2) is 32.7 Å². The molecule has 0 aliphatic heterocycles. The van der Waals surface area contributed by atoms with Crippen LogP contribution in [0.1, 0.15) is 10.4 Å². The number of halogens is 2. The van der Waals surface area contributed by atoms with Gasteiger partial charge < -0.3 is 14.9 Å². The van der Waals surface area contributed by atoms with Crippen LogP contribution in [0.3, 0.4) is 0 Å². The number of hydrogen-bond acceptors (Lipinski definition) is 5. The van der Waals surface area contributed by atoms with Gasteiger partial charge in [-0.15, -0.1) is 0 Å². The number of imidazole rings is 1. The predicted octanol–water partition coefficient (Wildman–Crippen LogP) is 3.04. The van der Waals surface area contributed by atoms with Gasteiger partial charge in [0.1, 0.15) is 17.0 Å². The zero-order valence-corrected chi connectivity index (χ0v) is 13.6. The lowest BCUT2D eigenvalue weighted by Crippen LogP contribution is -2.07. The van der Waals surface area contributed by atoms with E-state index in [1.54, 1.807) is 28.9 Å². The molecule has 25 heavy (non-hydrogen) atoms. The number of aromatic amines is 1. The van der Waals surface area contributed by atoms with Crippen LogP contribution < -0.4 is 5.73 Å². The zero-order chi connectivity index (χ0) is 17.7. The first-order chi connectivity index (χ1) is 12.0. The van der Waals surface area contributed by atoms with E-state index in [-0.39, 0.29) is 16.1 Å². The fourth-order valence-electron chi connectivity index (χ4n) is 2.85. The minimum atomic E-state index is -0.870. The van der Waals surface area contributed by atoms with E-state index < -0.39 is 11.8 Å². The van der Waals surface area contributed by atoms with Crippen molar-refractivity contribution in [3.63, 3.8) is 0 Å². The van der Waals surface area contributed by atoms with E-state index in [0.717, 1.165) is 0 Å². The molecule has 4 aromatic rings. The van der Waals surface area contributed by atoms with Gasteiger partial charge in [0.15, 0.2) is 5.82 Å². The fourth-order valence-corrected chi connectivity index (χ4v) is 3.15. The van der Waals surface area contributed by atoms with E-state index in [4.69, 9.17) is 17.3 Å². The number of ether oxygens (including phenoxy) is 1. The summed E-state index contributed by atoms with van der Waals surface area (Å²) in [5, 5.41) is 6.86. The van der Waals surface area contributed by atoms with Crippen LogP contribution in [-0.2, 0) is 4.74 Å². The summed E-state index contributed by atoms with van der Waals surface area (Å²) >= 11 is 6.25. The van der Waals surface area contributed by atoms with Crippen molar-refractivity contribution in [1.82, 2.24) is 19.6 Å². The van der Waals surface area contributed by atoms with E-state index in [2.05, 4.69) is 19.9 Å². The largest absolute Gasteiger partial charge is 0.465 e. The number of nitrogens with zero attached hydrogens (tertiary/aromatic N) is 3. The number of methoxy groups -OCH3 is 1. The Balaban J connectivity index is 2.05. The van der Waals surface area contributed by atoms with Crippen LogP contribution >= 0.6 is 11.6 Å². The lowest BCUT2D eigenvalue weighted by molar-refractivity contribution is 0.0597. The van der Waals surface area contributed by atoms with Gasteiger partial charge in [0.2, 0.25) is 0 Å². The molecule has 0 atom stereocenters. The second-order valence-electron chi connectivity index (χ2n) is 5.38. The Morgan fingerprint density at radius 3 is 2.96 bits per heavy atom. The lowest BCUT2D eigenvalue weighted by Gasteiger charge is -2.11. The van der Waals surface area contributed by atoms with Gasteiger partial charge in [-0.3, -0.25) is 5.10 Å². The van der Waals surface area contributed by atoms with Crippen molar-refractivity contribution in [2.45, 2.75) is 0 Å². The molecule has 0 bridgehead atoms. The Morgan fingerprint density at radius 1 is 1.40 bits per heavy atom. The van der Waals surface area contributed by atoms with Gasteiger partial charge in [-0.05, 0) is 12.1 Å². The molecule has 0 amide bonds. The van der Waals surface area contributed by atoms with Crippen LogP contribution in [0.5, 0.6) is 0 Å². The van der Waals surface area contributed by atoms with Crippen molar-refractivity contribution in [2.24, 2.45) is 0 Å². The van der Waals surface area contributed by atoms with Crippen molar-refractivity contribution in [1.29, 1.82) is 0 Å². The number of anilines is 1. The molecule has 0 saturated heterocycles. The third-order valence-electron chi connectivity index (χ3n) is 3.94. The van der Waals surface area contributed by atoms with Crippen molar-refractivity contribution < 1.29 is 13.9 Å². The van der Waals surface area contributed by atoms with Gasteiger partial charge >= 0.3 is 5.97 Å². The summed E-state index contributed by atoms with van der Waals surface area (Å²) < 4.78 is 21.1. The average molecular weight is 360 g/mol. The maximum atomic E-state index is 14.8. The molecular formula is C16H11ClFN5O2. The molecule has 0 radical (unpaired) electrons. The molecule has 126 valence electrons. The molecule has 4 rings (SSSR count). The highest BCUT2D eigenvalue weighted by Crippen LogP contribution is 2.39. The van der Waals surface area contributed by atoms with E-state index >= 15 is 0 Å². The van der Waals surface area contributed by atoms with Crippen LogP contribution in [0.4, 0.5) is 10.2 Å². The number of benzene rings is 1. The van der Waals surface area contributed by atoms with E-state index in [0.29, 0.717) is 28.0 Å². The standard InChI is InChI=1S/C16H11ClFN5O2/c1-25-16(24)12-14(18)13(17)11(8-4-20-22-15(8)12)7-2-3-10-21-9(19)6-23(10)5-7/h2-6H,19H2,1H3,(H,20,22). The van der Waals surface area contributed by atoms with Crippen LogP contribution in [0.2, 0.25) is 5.02 Å². The minimum absolute atomic E-state index is 0.193. The van der Waals surface area contributed by atoms with Crippen LogP contribution in [0.15, 0.2) is 30.7 Å². The molecule has 0 fully saturated rings. The highest BCUT2D eigenvalue weighted by atomic mass is 35.5. The molecular weight excluding hydrogens is 349 g/mol. The van der Waals surface area contributed by atoms with Crippen LogP contribution in [0, 0.1) is 5.82 Å². The lowest BCUT2D eigenvalue weighted by atomic mass is 9.99. The summed E-state index contributed by atoms with van der Waals surface area (Å²) in [6.07, 6.45) is 4.84. The number of carbonyl (C=O) groups is 1. The number of rotatable bonds is 2. The fraction of sp³-hybridized carbons (Fsp3) is 0.0625. The normalized spacial score (nSPS) is 11.3. The monoisotopic (exact) mass is 359 g/mol. The Hall–Kier alpha value is -3.13. The molecule has 0 spiro atoms. The maximum absolute atomic E-state index is 14.8. The molecule has 3 N–H and O–H groups in total. The number of esters is 1. The number of carbonyl (C=O) groups excluding carboxylic acids is 1. The van der Waals surface area contributed by atoms with Gasteiger partial charge in [0.05, 0.1) is 30.0 Å². The Labute approximate surface area is 145 Å². The van der Waals surface area contributed by atoms with Gasteiger partial charge in [-0.25, -0.2) is 14.2 Å². The third kappa shape index (κ3) is 2.22. The highest BCUT2D eigenvalue weighted by Gasteiger charge is 2.26. The maximum Gasteiger partial charge on any atom is 0.343 e. The summed E-state index contributed by atoms with van der Waals surface area (Å²) in [7, 11) is 1.17. The minimum Gasteiger partial charge on any atom is -0.465 e. The van der Waals surface area contributed by atoms with Gasteiger partial charge in [0, 0.05) is 22.7 Å². The van der Waals surface area contributed by atoms with Crippen molar-refractivity contribution in [3.05, 3.63) is 47.1 Å². The van der Waals surface area contributed by atoms with Crippen LogP contribution in [0.25, 0.3) is 27.7 Å². The first kappa shape index (κ1) is 15.4. The number of nitrogen functional groups attached to an aromatic ring is 1. The first-order valence-electron chi connectivity index (χ1n) is 7.18. The summed E-state index contributed by atoms with van der Waals surface area (Å²) in [4.78, 5) is 16.1. The number of H-pyrrole nitrogens is 1. The summed E-state index contributed by atoms with van der Waals surface area (Å²) in [6, 6.07) is 3.48. The van der Waals surface area contributed by atoms with E-state index in [1.807, 2.05) is 0 Å². The van der Waals surface area contributed by atoms with Gasteiger partial charge in [0.25, 0.3) is 0 Å². The summed E-state index contributed by atoms with van der Waals surface area (Å²) in [6.45, 7) is 0. The summed E-state index contributed by atoms with van der Waals surface area (Å²) in [5.74, 6) is -1.34. The zero-order valence-electron chi connectivity index (χ0n) is 12.9. The molecule has 0 aliphatic rings. The number of fused-ring (bicyclic) bond motifs is 2. The molecule has 3 heterocycles. The molecule has 9 heteroatoms. The van der Waals surface area contributed by atoms with Crippen molar-refractivity contribution in [3.8, 4) is 11.1 Å². The van der Waals surface area contributed by atoms with Crippen molar-refractivity contribution >= 4 is 39.9 Å². The number of nitrogens with one attached hydrogen (secondary N) is 1. The molecule has 3 aromatic heterocycles. The molecule has 1 aromatic carbocycles. The average Bonchev–Trinajstić information content (AvgIpc) is 3.20. The third-order valence-corrected chi connectivity index (χ3v) is 4.29. The van der Waals surface area contributed by atoms with Gasteiger partial charge in [-0.1, -0.05) is 11.6 Å². The Bertz CT molecular complexity index is 1150. The first-order valence-corrected chi connectivity index (χ1v) is 7.56. The summed E-state index contributed by atoms with van der Waals surface area (Å²) in [5.41, 5.74) is 7.30. The van der Waals surface area contributed by atoms with Gasteiger partial charge in [-0.2, -0.15) is 5.10 Å². The Kier molecular flexibility index (Phi) is 3.36.